The first-order chi connectivity index (χ1) is 10.2. The van der Waals surface area contributed by atoms with E-state index in [4.69, 9.17) is 4.74 Å². The Bertz CT molecular complexity index is 613. The molecule has 2 rings (SSSR count). The normalized spacial score (nSPS) is 10.2. The minimum atomic E-state index is -0.152. The number of hydrogen-bond acceptors (Lipinski definition) is 3. The van der Waals surface area contributed by atoms with Gasteiger partial charge in [-0.15, -0.1) is 11.8 Å². The number of carbonyl (C=O) groups excluding carboxylic acids is 1. The molecule has 0 atom stereocenters. The van der Waals surface area contributed by atoms with E-state index in [-0.39, 0.29) is 12.5 Å². The van der Waals surface area contributed by atoms with Gasteiger partial charge in [-0.05, 0) is 42.5 Å². The third-order valence-corrected chi connectivity index (χ3v) is 3.78. The van der Waals surface area contributed by atoms with Crippen molar-refractivity contribution < 1.29 is 9.53 Å². The van der Waals surface area contributed by atoms with Crippen LogP contribution in [0.25, 0.3) is 0 Å². The van der Waals surface area contributed by atoms with Gasteiger partial charge in [0, 0.05) is 4.90 Å². The van der Waals surface area contributed by atoms with E-state index in [0.717, 1.165) is 21.9 Å². The zero-order valence-electron chi connectivity index (χ0n) is 12.3. The van der Waals surface area contributed by atoms with Crippen LogP contribution < -0.4 is 10.1 Å². The fourth-order valence-corrected chi connectivity index (χ4v) is 2.65. The summed E-state index contributed by atoms with van der Waals surface area (Å²) >= 11 is 1.70. The fraction of sp³-hybridized carbons (Fsp3) is 0.235. The molecule has 110 valence electrons. The molecule has 3 nitrogen and oxygen atoms in total. The lowest BCUT2D eigenvalue weighted by molar-refractivity contribution is -0.118. The molecule has 0 aromatic heterocycles. The van der Waals surface area contributed by atoms with Gasteiger partial charge in [0.15, 0.2) is 6.61 Å². The van der Waals surface area contributed by atoms with Gasteiger partial charge in [0.25, 0.3) is 5.91 Å². The number of amides is 1. The molecule has 0 aliphatic rings. The second kappa shape index (κ2) is 7.74. The second-order valence-corrected chi connectivity index (χ2v) is 5.89. The van der Waals surface area contributed by atoms with Gasteiger partial charge >= 0.3 is 0 Å². The summed E-state index contributed by atoms with van der Waals surface area (Å²) in [6.07, 6.45) is 0. The smallest absolute Gasteiger partial charge is 0.262 e. The number of carbonyl (C=O) groups is 1. The number of para-hydroxylation sites is 1. The number of thioether (sulfide) groups is 1. The Morgan fingerprint density at radius 1 is 1.19 bits per heavy atom. The minimum absolute atomic E-state index is 0.00851. The average molecular weight is 301 g/mol. The predicted molar refractivity (Wildman–Crippen MR) is 88.1 cm³/mol. The fourth-order valence-electron chi connectivity index (χ4n) is 1.89. The molecule has 1 amide bonds. The number of aryl methyl sites for hydroxylation is 1. The zero-order chi connectivity index (χ0) is 15.1. The highest BCUT2D eigenvalue weighted by atomic mass is 32.2. The second-order valence-electron chi connectivity index (χ2n) is 4.58. The largest absolute Gasteiger partial charge is 0.484 e. The third kappa shape index (κ3) is 4.83. The summed E-state index contributed by atoms with van der Waals surface area (Å²) in [6, 6.07) is 15.5. The van der Waals surface area contributed by atoms with Gasteiger partial charge in [0.05, 0.1) is 5.69 Å². The SMILES string of the molecule is CCSc1ccccc1NC(=O)COc1cccc(C)c1. The molecule has 0 saturated carbocycles. The number of anilines is 1. The number of ether oxygens (including phenoxy) is 1. The molecule has 2 aromatic rings. The number of nitrogens with one attached hydrogen (secondary N) is 1. The van der Waals surface area contributed by atoms with Crippen LogP contribution in [-0.2, 0) is 4.79 Å². The Morgan fingerprint density at radius 2 is 2.00 bits per heavy atom. The van der Waals surface area contributed by atoms with Gasteiger partial charge in [0.2, 0.25) is 0 Å². The molecule has 0 bridgehead atoms. The van der Waals surface area contributed by atoms with Gasteiger partial charge in [0.1, 0.15) is 5.75 Å². The number of benzene rings is 2. The topological polar surface area (TPSA) is 38.3 Å². The Balaban J connectivity index is 1.93. The molecule has 0 saturated heterocycles. The van der Waals surface area contributed by atoms with Crippen LogP contribution in [0.4, 0.5) is 5.69 Å². The van der Waals surface area contributed by atoms with Crippen LogP contribution in [0.5, 0.6) is 5.75 Å². The zero-order valence-corrected chi connectivity index (χ0v) is 13.1. The van der Waals surface area contributed by atoms with Crippen LogP contribution in [0.3, 0.4) is 0 Å². The minimum Gasteiger partial charge on any atom is -0.484 e. The summed E-state index contributed by atoms with van der Waals surface area (Å²) in [5, 5.41) is 2.90. The molecule has 0 fully saturated rings. The van der Waals surface area contributed by atoms with Crippen molar-refractivity contribution in [2.75, 3.05) is 17.7 Å². The highest BCUT2D eigenvalue weighted by molar-refractivity contribution is 7.99. The van der Waals surface area contributed by atoms with Crippen LogP contribution in [-0.4, -0.2) is 18.3 Å². The van der Waals surface area contributed by atoms with Crippen LogP contribution in [0.15, 0.2) is 53.4 Å². The maximum absolute atomic E-state index is 12.0. The lowest BCUT2D eigenvalue weighted by atomic mass is 10.2. The summed E-state index contributed by atoms with van der Waals surface area (Å²) in [4.78, 5) is 13.1. The van der Waals surface area contributed by atoms with Crippen LogP contribution in [0.2, 0.25) is 0 Å². The average Bonchev–Trinajstić information content (AvgIpc) is 2.48. The molecule has 0 heterocycles. The lowest BCUT2D eigenvalue weighted by Crippen LogP contribution is -2.20. The summed E-state index contributed by atoms with van der Waals surface area (Å²) in [6.45, 7) is 4.09. The van der Waals surface area contributed by atoms with E-state index in [1.165, 1.54) is 0 Å². The summed E-state index contributed by atoms with van der Waals surface area (Å²) < 4.78 is 5.50. The van der Waals surface area contributed by atoms with E-state index in [9.17, 15) is 4.79 Å². The van der Waals surface area contributed by atoms with E-state index in [1.807, 2.05) is 55.5 Å². The van der Waals surface area contributed by atoms with E-state index in [1.54, 1.807) is 11.8 Å². The molecule has 0 spiro atoms. The van der Waals surface area contributed by atoms with Crippen LogP contribution in [0, 0.1) is 6.92 Å². The van der Waals surface area contributed by atoms with Gasteiger partial charge in [-0.1, -0.05) is 31.2 Å². The molecule has 2 aromatic carbocycles. The summed E-state index contributed by atoms with van der Waals surface area (Å²) in [7, 11) is 0. The van der Waals surface area contributed by atoms with Crippen molar-refractivity contribution in [3.05, 3.63) is 54.1 Å². The molecule has 0 unspecified atom stereocenters. The summed E-state index contributed by atoms with van der Waals surface area (Å²) in [5.74, 6) is 1.52. The molecule has 0 radical (unpaired) electrons. The molecule has 1 N–H and O–H groups in total. The van der Waals surface area contributed by atoms with Crippen molar-refractivity contribution in [1.29, 1.82) is 0 Å². The summed E-state index contributed by atoms with van der Waals surface area (Å²) in [5.41, 5.74) is 1.94. The van der Waals surface area contributed by atoms with E-state index < -0.39 is 0 Å². The van der Waals surface area contributed by atoms with E-state index >= 15 is 0 Å². The van der Waals surface area contributed by atoms with Gasteiger partial charge in [-0.25, -0.2) is 0 Å². The molecule has 21 heavy (non-hydrogen) atoms. The Labute approximate surface area is 129 Å². The van der Waals surface area contributed by atoms with Gasteiger partial charge < -0.3 is 10.1 Å². The quantitative estimate of drug-likeness (QED) is 0.815. The third-order valence-electron chi connectivity index (χ3n) is 2.82. The number of rotatable bonds is 6. The Hall–Kier alpha value is -1.94. The van der Waals surface area contributed by atoms with Crippen LogP contribution in [0.1, 0.15) is 12.5 Å². The first-order valence-electron chi connectivity index (χ1n) is 6.90. The Kier molecular flexibility index (Phi) is 5.69. The van der Waals surface area contributed by atoms with Gasteiger partial charge in [-0.2, -0.15) is 0 Å². The van der Waals surface area contributed by atoms with Crippen molar-refractivity contribution in [1.82, 2.24) is 0 Å². The molecular formula is C17H19NO2S. The monoisotopic (exact) mass is 301 g/mol. The maximum Gasteiger partial charge on any atom is 0.262 e. The van der Waals surface area contributed by atoms with Gasteiger partial charge in [-0.3, -0.25) is 4.79 Å². The standard InChI is InChI=1S/C17H19NO2S/c1-3-21-16-10-5-4-9-15(16)18-17(19)12-20-14-8-6-7-13(2)11-14/h4-11H,3,12H2,1-2H3,(H,18,19). The predicted octanol–water partition coefficient (Wildman–Crippen LogP) is 4.12. The van der Waals surface area contributed by atoms with Crippen molar-refractivity contribution in [3.8, 4) is 5.75 Å². The first-order valence-corrected chi connectivity index (χ1v) is 7.88. The highest BCUT2D eigenvalue weighted by Gasteiger charge is 2.07. The van der Waals surface area contributed by atoms with Crippen LogP contribution >= 0.6 is 11.8 Å². The first kappa shape index (κ1) is 15.4. The molecule has 0 aliphatic heterocycles. The molecule has 0 aliphatic carbocycles. The maximum atomic E-state index is 12.0. The van der Waals surface area contributed by atoms with Crippen molar-refractivity contribution in [2.24, 2.45) is 0 Å². The Morgan fingerprint density at radius 3 is 2.76 bits per heavy atom. The van der Waals surface area contributed by atoms with Crippen molar-refractivity contribution >= 4 is 23.4 Å². The van der Waals surface area contributed by atoms with Crippen molar-refractivity contribution in [3.63, 3.8) is 0 Å². The molecular weight excluding hydrogens is 282 g/mol. The lowest BCUT2D eigenvalue weighted by Gasteiger charge is -2.11. The van der Waals surface area contributed by atoms with Crippen molar-refractivity contribution in [2.45, 2.75) is 18.7 Å². The number of hydrogen-bond donors (Lipinski definition) is 1. The molecule has 4 heteroatoms. The van der Waals surface area contributed by atoms with E-state index in [0.29, 0.717) is 5.75 Å². The highest BCUT2D eigenvalue weighted by Crippen LogP contribution is 2.26. The van der Waals surface area contributed by atoms with E-state index in [2.05, 4.69) is 12.2 Å².